The number of nitrogens with zero attached hydrogens (tertiary/aromatic N) is 3. The van der Waals surface area contributed by atoms with Crippen LogP contribution in [0.4, 0.5) is 5.82 Å². The Kier molecular flexibility index (Phi) is 6.42. The normalized spacial score (nSPS) is 11.1. The summed E-state index contributed by atoms with van der Waals surface area (Å²) in [5.74, 6) is 5.67. The molecule has 3 aromatic rings. The fraction of sp³-hybridized carbons (Fsp3) is 0.0526. The van der Waals surface area contributed by atoms with Crippen LogP contribution < -0.4 is 21.6 Å². The Labute approximate surface area is 166 Å². The van der Waals surface area contributed by atoms with Crippen molar-refractivity contribution in [3.05, 3.63) is 83.8 Å². The lowest BCUT2D eigenvalue weighted by molar-refractivity contribution is 0.0946. The van der Waals surface area contributed by atoms with E-state index in [2.05, 4.69) is 25.1 Å². The molecule has 0 aliphatic rings. The zero-order valence-electron chi connectivity index (χ0n) is 14.9. The summed E-state index contributed by atoms with van der Waals surface area (Å²) >= 11 is 1.41. The lowest BCUT2D eigenvalue weighted by atomic mass is 10.1. The fourth-order valence-electron chi connectivity index (χ4n) is 2.28. The number of hydrogen-bond donors (Lipinski definition) is 4. The summed E-state index contributed by atoms with van der Waals surface area (Å²) in [6.45, 7) is 0.352. The minimum Gasteiger partial charge on any atom is -0.382 e. The number of rotatable bonds is 7. The van der Waals surface area contributed by atoms with E-state index in [1.807, 2.05) is 42.5 Å². The molecule has 0 fully saturated rings. The molecule has 0 unspecified atom stereocenters. The van der Waals surface area contributed by atoms with E-state index >= 15 is 0 Å². The van der Waals surface area contributed by atoms with Crippen LogP contribution in [0.5, 0.6) is 0 Å². The second-order valence-corrected chi connectivity index (χ2v) is 6.58. The van der Waals surface area contributed by atoms with Gasteiger partial charge in [-0.3, -0.25) is 4.79 Å². The van der Waals surface area contributed by atoms with Crippen LogP contribution in [-0.2, 0) is 6.54 Å². The second-order valence-electron chi connectivity index (χ2n) is 5.70. The third-order valence-electron chi connectivity index (χ3n) is 3.76. The quantitative estimate of drug-likeness (QED) is 0.159. The zero-order chi connectivity index (χ0) is 19.8. The highest BCUT2D eigenvalue weighted by Crippen LogP contribution is 2.19. The first-order valence-corrected chi connectivity index (χ1v) is 9.18. The topological polar surface area (TPSA) is 131 Å². The summed E-state index contributed by atoms with van der Waals surface area (Å²) in [6, 6.07) is 18.7. The van der Waals surface area contributed by atoms with Crippen molar-refractivity contribution >= 4 is 29.5 Å². The number of anilines is 1. The van der Waals surface area contributed by atoms with Crippen LogP contribution in [-0.4, -0.2) is 21.7 Å². The average molecular weight is 393 g/mol. The van der Waals surface area contributed by atoms with Crippen molar-refractivity contribution < 1.29 is 4.79 Å². The van der Waals surface area contributed by atoms with Crippen molar-refractivity contribution in [2.24, 2.45) is 16.7 Å². The monoisotopic (exact) mass is 393 g/mol. The molecular formula is C19H19N7OS. The van der Waals surface area contributed by atoms with Gasteiger partial charge in [-0.1, -0.05) is 42.5 Å². The Bertz CT molecular complexity index is 962. The van der Waals surface area contributed by atoms with Crippen LogP contribution in [0.15, 0.2) is 77.0 Å². The van der Waals surface area contributed by atoms with Gasteiger partial charge in [-0.05, 0) is 29.6 Å². The molecule has 6 N–H and O–H groups in total. The van der Waals surface area contributed by atoms with Gasteiger partial charge in [0.2, 0.25) is 0 Å². The van der Waals surface area contributed by atoms with Crippen molar-refractivity contribution in [3.8, 4) is 0 Å². The fourth-order valence-corrected chi connectivity index (χ4v) is 2.91. The van der Waals surface area contributed by atoms with Crippen molar-refractivity contribution in [1.29, 1.82) is 0 Å². The van der Waals surface area contributed by atoms with Crippen LogP contribution in [0.25, 0.3) is 0 Å². The average Bonchev–Trinajstić information content (AvgIpc) is 2.76. The zero-order valence-corrected chi connectivity index (χ0v) is 15.7. The Morgan fingerprint density at radius 2 is 1.82 bits per heavy atom. The maximum absolute atomic E-state index is 12.4. The Hall–Kier alpha value is -3.59. The minimum atomic E-state index is -0.290. The smallest absolute Gasteiger partial charge is 0.270 e. The Balaban J connectivity index is 1.57. The van der Waals surface area contributed by atoms with Crippen LogP contribution in [0, 0.1) is 0 Å². The summed E-state index contributed by atoms with van der Waals surface area (Å²) in [7, 11) is 0. The molecule has 142 valence electrons. The van der Waals surface area contributed by atoms with Gasteiger partial charge in [0.1, 0.15) is 23.7 Å². The number of nitrogens with two attached hydrogens (primary N) is 2. The van der Waals surface area contributed by atoms with Gasteiger partial charge in [-0.15, -0.1) is 0 Å². The first-order chi connectivity index (χ1) is 13.7. The molecule has 8 nitrogen and oxygen atoms in total. The van der Waals surface area contributed by atoms with Crippen molar-refractivity contribution in [1.82, 2.24) is 15.3 Å². The molecule has 2 aromatic carbocycles. The van der Waals surface area contributed by atoms with Gasteiger partial charge in [-0.2, -0.15) is 5.10 Å². The van der Waals surface area contributed by atoms with Crippen LogP contribution in [0.3, 0.4) is 0 Å². The molecule has 9 heteroatoms. The highest BCUT2D eigenvalue weighted by molar-refractivity contribution is 8.00. The molecule has 1 aromatic heterocycles. The number of carbonyl (C=O) groups excluding carboxylic acids is 1. The molecular weight excluding hydrogens is 374 g/mol. The van der Waals surface area contributed by atoms with Gasteiger partial charge in [0.25, 0.3) is 5.91 Å². The summed E-state index contributed by atoms with van der Waals surface area (Å²) in [6.07, 6.45) is 1.35. The summed E-state index contributed by atoms with van der Waals surface area (Å²) in [5.41, 5.74) is 7.57. The van der Waals surface area contributed by atoms with Crippen molar-refractivity contribution in [2.75, 3.05) is 4.72 Å². The second kappa shape index (κ2) is 9.38. The van der Waals surface area contributed by atoms with Crippen LogP contribution in [0.1, 0.15) is 21.6 Å². The van der Waals surface area contributed by atoms with Crippen molar-refractivity contribution in [3.63, 3.8) is 0 Å². The van der Waals surface area contributed by atoms with Crippen LogP contribution >= 0.6 is 11.9 Å². The third-order valence-corrected chi connectivity index (χ3v) is 4.58. The lowest BCUT2D eigenvalue weighted by Crippen LogP contribution is -2.24. The van der Waals surface area contributed by atoms with E-state index in [0.29, 0.717) is 12.4 Å². The molecule has 3 rings (SSSR count). The molecule has 0 saturated carbocycles. The SMILES string of the molecule is N/N=C(\N)c1ccc(CNC(=O)c2cc(NSc3ccccc3)ncn2)cc1. The number of amidine groups is 1. The maximum atomic E-state index is 12.4. The predicted octanol–water partition coefficient (Wildman–Crippen LogP) is 2.10. The third kappa shape index (κ3) is 5.21. The Morgan fingerprint density at radius 3 is 2.54 bits per heavy atom. The molecule has 0 atom stereocenters. The van der Waals surface area contributed by atoms with Gasteiger partial charge in [-0.25, -0.2) is 9.97 Å². The number of hydrazone groups is 1. The molecule has 0 aliphatic carbocycles. The van der Waals surface area contributed by atoms with E-state index in [1.54, 1.807) is 18.2 Å². The van der Waals surface area contributed by atoms with Crippen LogP contribution in [0.2, 0.25) is 0 Å². The summed E-state index contributed by atoms with van der Waals surface area (Å²) < 4.78 is 3.10. The first kappa shape index (κ1) is 19.2. The molecule has 0 radical (unpaired) electrons. The van der Waals surface area contributed by atoms with Crippen molar-refractivity contribution in [2.45, 2.75) is 11.4 Å². The Morgan fingerprint density at radius 1 is 1.07 bits per heavy atom. The van der Waals surface area contributed by atoms with E-state index in [-0.39, 0.29) is 17.4 Å². The van der Waals surface area contributed by atoms with Gasteiger partial charge >= 0.3 is 0 Å². The number of hydrogen-bond acceptors (Lipinski definition) is 7. The standard InChI is InChI=1S/C19H19N7OS/c20-18(25-21)14-8-6-13(7-9-14)11-22-19(27)16-10-17(24-12-23-16)26-28-15-4-2-1-3-5-15/h1-10,12H,11,21H2,(H2,20,25)(H,22,27)(H,23,24,26). The lowest BCUT2D eigenvalue weighted by Gasteiger charge is -2.08. The molecule has 0 spiro atoms. The summed E-state index contributed by atoms with van der Waals surface area (Å²) in [5, 5.41) is 6.28. The molecule has 0 bridgehead atoms. The number of carbonyl (C=O) groups is 1. The number of aromatic nitrogens is 2. The number of nitrogens with one attached hydrogen (secondary N) is 2. The maximum Gasteiger partial charge on any atom is 0.270 e. The highest BCUT2D eigenvalue weighted by Gasteiger charge is 2.09. The molecule has 28 heavy (non-hydrogen) atoms. The van der Waals surface area contributed by atoms with Gasteiger partial charge in [0, 0.05) is 23.1 Å². The molecule has 1 heterocycles. The van der Waals surface area contributed by atoms with E-state index in [0.717, 1.165) is 16.0 Å². The number of amides is 1. The predicted molar refractivity (Wildman–Crippen MR) is 110 cm³/mol. The molecule has 0 saturated heterocycles. The molecule has 0 aliphatic heterocycles. The van der Waals surface area contributed by atoms with Gasteiger partial charge < -0.3 is 21.6 Å². The van der Waals surface area contributed by atoms with E-state index in [1.165, 1.54) is 18.3 Å². The highest BCUT2D eigenvalue weighted by atomic mass is 32.2. The van der Waals surface area contributed by atoms with E-state index in [9.17, 15) is 4.79 Å². The first-order valence-electron chi connectivity index (χ1n) is 8.36. The molecule has 1 amide bonds. The van der Waals surface area contributed by atoms with E-state index < -0.39 is 0 Å². The summed E-state index contributed by atoms with van der Waals surface area (Å²) in [4.78, 5) is 21.6. The van der Waals surface area contributed by atoms with Gasteiger partial charge in [0.15, 0.2) is 0 Å². The van der Waals surface area contributed by atoms with Gasteiger partial charge in [0.05, 0.1) is 0 Å². The largest absolute Gasteiger partial charge is 0.382 e. The minimum absolute atomic E-state index is 0.255. The number of benzene rings is 2. The van der Waals surface area contributed by atoms with E-state index in [4.69, 9.17) is 11.6 Å².